The van der Waals surface area contributed by atoms with Crippen molar-refractivity contribution in [2.24, 2.45) is 0 Å². The van der Waals surface area contributed by atoms with Gasteiger partial charge in [-0.3, -0.25) is 4.98 Å². The van der Waals surface area contributed by atoms with Crippen molar-refractivity contribution in [1.29, 1.82) is 0 Å². The number of aromatic amines is 1. The van der Waals surface area contributed by atoms with Gasteiger partial charge in [0.25, 0.3) is 0 Å². The predicted molar refractivity (Wildman–Crippen MR) is 60.2 cm³/mol. The quantitative estimate of drug-likeness (QED) is 0.652. The fourth-order valence-corrected chi connectivity index (χ4v) is 1.83. The molecule has 0 radical (unpaired) electrons. The highest BCUT2D eigenvalue weighted by Crippen LogP contribution is 2.26. The Morgan fingerprint density at radius 3 is 3.00 bits per heavy atom. The van der Waals surface area contributed by atoms with Crippen molar-refractivity contribution < 1.29 is 4.74 Å². The van der Waals surface area contributed by atoms with Gasteiger partial charge >= 0.3 is 0 Å². The molecule has 74 valence electrons. The van der Waals surface area contributed by atoms with E-state index in [1.807, 2.05) is 30.3 Å². The second kappa shape index (κ2) is 2.98. The summed E-state index contributed by atoms with van der Waals surface area (Å²) < 4.78 is 5.18. The van der Waals surface area contributed by atoms with E-state index in [1.165, 1.54) is 0 Å². The minimum absolute atomic E-state index is 0.856. The van der Waals surface area contributed by atoms with Crippen LogP contribution in [0.1, 0.15) is 0 Å². The summed E-state index contributed by atoms with van der Waals surface area (Å²) >= 11 is 0. The van der Waals surface area contributed by atoms with E-state index in [9.17, 15) is 0 Å². The van der Waals surface area contributed by atoms with Gasteiger partial charge in [-0.25, -0.2) is 0 Å². The van der Waals surface area contributed by atoms with Crippen molar-refractivity contribution in [2.75, 3.05) is 7.11 Å². The molecule has 3 rings (SSSR count). The van der Waals surface area contributed by atoms with Gasteiger partial charge in [0.05, 0.1) is 23.7 Å². The normalized spacial score (nSPS) is 11.0. The number of methoxy groups -OCH3 is 1. The first-order valence-corrected chi connectivity index (χ1v) is 4.79. The Hall–Kier alpha value is -2.03. The molecule has 0 spiro atoms. The summed E-state index contributed by atoms with van der Waals surface area (Å²) in [5.74, 6) is 0.856. The first-order chi connectivity index (χ1) is 7.38. The molecule has 3 nitrogen and oxygen atoms in total. The first-order valence-electron chi connectivity index (χ1n) is 4.79. The van der Waals surface area contributed by atoms with Gasteiger partial charge in [-0.15, -0.1) is 0 Å². The van der Waals surface area contributed by atoms with Crippen molar-refractivity contribution in [3.05, 3.63) is 36.5 Å². The average molecular weight is 198 g/mol. The van der Waals surface area contributed by atoms with E-state index in [0.29, 0.717) is 0 Å². The van der Waals surface area contributed by atoms with Crippen LogP contribution in [0.3, 0.4) is 0 Å². The third-order valence-corrected chi connectivity index (χ3v) is 2.56. The lowest BCUT2D eigenvalue weighted by Crippen LogP contribution is -1.80. The number of rotatable bonds is 1. The number of nitrogens with one attached hydrogen (secondary N) is 1. The largest absolute Gasteiger partial charge is 0.497 e. The van der Waals surface area contributed by atoms with Crippen molar-refractivity contribution in [1.82, 2.24) is 9.97 Å². The molecule has 0 aliphatic rings. The Labute approximate surface area is 86.7 Å². The Balaban J connectivity index is 2.43. The summed E-state index contributed by atoms with van der Waals surface area (Å²) in [5.41, 5.74) is 3.12. The maximum Gasteiger partial charge on any atom is 0.120 e. The van der Waals surface area contributed by atoms with Crippen LogP contribution in [0, 0.1) is 0 Å². The molecule has 0 bridgehead atoms. The third kappa shape index (κ3) is 1.16. The highest BCUT2D eigenvalue weighted by atomic mass is 16.5. The fraction of sp³-hybridized carbons (Fsp3) is 0.0833. The SMILES string of the molecule is COc1ccc2c(c1)[nH]c1cccnc12. The molecule has 3 heteroatoms. The second-order valence-electron chi connectivity index (χ2n) is 3.44. The number of hydrogen-bond acceptors (Lipinski definition) is 2. The Kier molecular flexibility index (Phi) is 1.65. The standard InChI is InChI=1S/C12H10N2O/c1-15-8-4-5-9-11(7-8)14-10-3-2-6-13-12(9)10/h2-7,14H,1H3. The second-order valence-corrected chi connectivity index (χ2v) is 3.44. The van der Waals surface area contributed by atoms with Crippen LogP contribution >= 0.6 is 0 Å². The van der Waals surface area contributed by atoms with Gasteiger partial charge in [0.15, 0.2) is 0 Å². The molecular formula is C12H10N2O. The Morgan fingerprint density at radius 1 is 1.20 bits per heavy atom. The number of aromatic nitrogens is 2. The number of benzene rings is 1. The van der Waals surface area contributed by atoms with Gasteiger partial charge in [-0.1, -0.05) is 0 Å². The third-order valence-electron chi connectivity index (χ3n) is 2.56. The molecule has 1 aromatic carbocycles. The van der Waals surface area contributed by atoms with Gasteiger partial charge in [0.1, 0.15) is 5.75 Å². The maximum absolute atomic E-state index is 5.18. The molecule has 0 saturated heterocycles. The Bertz CT molecular complexity index is 628. The van der Waals surface area contributed by atoms with Crippen LogP contribution in [0.2, 0.25) is 0 Å². The summed E-state index contributed by atoms with van der Waals surface area (Å²) in [6, 6.07) is 9.91. The molecule has 2 heterocycles. The lowest BCUT2D eigenvalue weighted by atomic mass is 10.2. The average Bonchev–Trinajstić information content (AvgIpc) is 2.66. The minimum Gasteiger partial charge on any atom is -0.497 e. The molecule has 0 fully saturated rings. The molecule has 2 aromatic heterocycles. The number of nitrogens with zero attached hydrogens (tertiary/aromatic N) is 1. The fourth-order valence-electron chi connectivity index (χ4n) is 1.83. The van der Waals surface area contributed by atoms with Gasteiger partial charge in [0.2, 0.25) is 0 Å². The predicted octanol–water partition coefficient (Wildman–Crippen LogP) is 2.72. The molecule has 1 N–H and O–H groups in total. The van der Waals surface area contributed by atoms with Crippen molar-refractivity contribution >= 4 is 21.9 Å². The van der Waals surface area contributed by atoms with E-state index in [2.05, 4.69) is 9.97 Å². The van der Waals surface area contributed by atoms with Gasteiger partial charge in [-0.05, 0) is 24.3 Å². The van der Waals surface area contributed by atoms with Crippen LogP contribution in [0.15, 0.2) is 36.5 Å². The number of H-pyrrole nitrogens is 1. The minimum atomic E-state index is 0.856. The molecule has 0 saturated carbocycles. The van der Waals surface area contributed by atoms with E-state index in [1.54, 1.807) is 13.3 Å². The summed E-state index contributed by atoms with van der Waals surface area (Å²) in [5, 5.41) is 1.13. The van der Waals surface area contributed by atoms with Gasteiger partial charge < -0.3 is 9.72 Å². The molecule has 0 amide bonds. The van der Waals surface area contributed by atoms with Crippen LogP contribution in [-0.2, 0) is 0 Å². The molecule has 3 aromatic rings. The highest BCUT2D eigenvalue weighted by Gasteiger charge is 2.04. The lowest BCUT2D eigenvalue weighted by molar-refractivity contribution is 0.415. The number of fused-ring (bicyclic) bond motifs is 3. The molecule has 0 aliphatic carbocycles. The summed E-state index contributed by atoms with van der Waals surface area (Å²) in [6.45, 7) is 0. The van der Waals surface area contributed by atoms with Crippen molar-refractivity contribution in [2.45, 2.75) is 0 Å². The number of hydrogen-bond donors (Lipinski definition) is 1. The zero-order valence-corrected chi connectivity index (χ0v) is 8.32. The summed E-state index contributed by atoms with van der Waals surface area (Å²) in [4.78, 5) is 7.66. The van der Waals surface area contributed by atoms with Crippen LogP contribution in [0.4, 0.5) is 0 Å². The maximum atomic E-state index is 5.18. The van der Waals surface area contributed by atoms with Crippen LogP contribution in [0.25, 0.3) is 21.9 Å². The van der Waals surface area contributed by atoms with Crippen LogP contribution in [0.5, 0.6) is 5.75 Å². The molecule has 15 heavy (non-hydrogen) atoms. The van der Waals surface area contributed by atoms with E-state index in [4.69, 9.17) is 4.74 Å². The zero-order chi connectivity index (χ0) is 10.3. The van der Waals surface area contributed by atoms with E-state index >= 15 is 0 Å². The number of ether oxygens (including phenoxy) is 1. The number of pyridine rings is 1. The summed E-state index contributed by atoms with van der Waals surface area (Å²) in [7, 11) is 1.67. The molecular weight excluding hydrogens is 188 g/mol. The first kappa shape index (κ1) is 8.29. The lowest BCUT2D eigenvalue weighted by Gasteiger charge is -1.97. The Morgan fingerprint density at radius 2 is 2.13 bits per heavy atom. The summed E-state index contributed by atoms with van der Waals surface area (Å²) in [6.07, 6.45) is 1.81. The molecule has 0 aliphatic heterocycles. The topological polar surface area (TPSA) is 37.9 Å². The van der Waals surface area contributed by atoms with Crippen molar-refractivity contribution in [3.63, 3.8) is 0 Å². The van der Waals surface area contributed by atoms with E-state index in [-0.39, 0.29) is 0 Å². The molecule has 0 atom stereocenters. The van der Waals surface area contributed by atoms with Gasteiger partial charge in [0, 0.05) is 17.6 Å². The molecule has 0 unspecified atom stereocenters. The monoisotopic (exact) mass is 198 g/mol. The smallest absolute Gasteiger partial charge is 0.120 e. The highest BCUT2D eigenvalue weighted by molar-refractivity contribution is 6.05. The van der Waals surface area contributed by atoms with Crippen LogP contribution in [-0.4, -0.2) is 17.1 Å². The van der Waals surface area contributed by atoms with E-state index < -0.39 is 0 Å². The van der Waals surface area contributed by atoms with E-state index in [0.717, 1.165) is 27.7 Å². The van der Waals surface area contributed by atoms with Crippen molar-refractivity contribution in [3.8, 4) is 5.75 Å². The van der Waals surface area contributed by atoms with Gasteiger partial charge in [-0.2, -0.15) is 0 Å². The van der Waals surface area contributed by atoms with Crippen LogP contribution < -0.4 is 4.74 Å². The zero-order valence-electron chi connectivity index (χ0n) is 8.32.